The van der Waals surface area contributed by atoms with Crippen LogP contribution in [0.1, 0.15) is 5.76 Å². The maximum absolute atomic E-state index is 10.6. The first-order valence-electron chi connectivity index (χ1n) is 3.81. The molecule has 0 fully saturated rings. The zero-order chi connectivity index (χ0) is 9.68. The lowest BCUT2D eigenvalue weighted by Crippen LogP contribution is -2.26. The summed E-state index contributed by atoms with van der Waals surface area (Å²) in [6, 6.07) is 3.58. The lowest BCUT2D eigenvalue weighted by molar-refractivity contribution is -0.136. The summed E-state index contributed by atoms with van der Waals surface area (Å²) < 4.78 is 5.05. The monoisotopic (exact) mass is 201 g/mol. The number of thioether (sulfide) groups is 1. The number of carbonyl (C=O) groups is 1. The molecule has 1 rings (SSSR count). The van der Waals surface area contributed by atoms with E-state index in [9.17, 15) is 4.79 Å². The van der Waals surface area contributed by atoms with E-state index in [1.54, 1.807) is 12.3 Å². The molecule has 0 aromatic carbocycles. The molecule has 0 bridgehead atoms. The first-order chi connectivity index (χ1) is 6.24. The Balaban J connectivity index is 2.36. The molecule has 1 aromatic heterocycles. The van der Waals surface area contributed by atoms with Crippen LogP contribution in [0.15, 0.2) is 22.8 Å². The molecule has 0 saturated carbocycles. The minimum atomic E-state index is -0.876. The van der Waals surface area contributed by atoms with Crippen molar-refractivity contribution in [2.75, 3.05) is 6.54 Å². The third-order valence-electron chi connectivity index (χ3n) is 1.50. The van der Waals surface area contributed by atoms with E-state index in [-0.39, 0.29) is 6.54 Å². The largest absolute Gasteiger partial charge is 0.480 e. The molecule has 1 unspecified atom stereocenters. The molecular weight excluding hydrogens is 190 g/mol. The van der Waals surface area contributed by atoms with E-state index in [1.165, 1.54) is 11.8 Å². The summed E-state index contributed by atoms with van der Waals surface area (Å²) in [5, 5.41) is 8.12. The summed E-state index contributed by atoms with van der Waals surface area (Å²) in [6.45, 7) is 0.140. The van der Waals surface area contributed by atoms with E-state index in [0.29, 0.717) is 5.75 Å². The standard InChI is InChI=1S/C8H11NO3S/c9-4-7(8(10)11)13-5-6-2-1-3-12-6/h1-3,7H,4-5,9H2,(H,10,11). The molecule has 1 heterocycles. The number of carboxylic acids is 1. The fraction of sp³-hybridized carbons (Fsp3) is 0.375. The predicted molar refractivity (Wildman–Crippen MR) is 50.5 cm³/mol. The van der Waals surface area contributed by atoms with Gasteiger partial charge in [0.05, 0.1) is 12.0 Å². The van der Waals surface area contributed by atoms with Gasteiger partial charge in [-0.05, 0) is 12.1 Å². The van der Waals surface area contributed by atoms with Crippen molar-refractivity contribution in [3.63, 3.8) is 0 Å². The van der Waals surface area contributed by atoms with Crippen LogP contribution in [0.2, 0.25) is 0 Å². The first kappa shape index (κ1) is 10.1. The maximum Gasteiger partial charge on any atom is 0.317 e. The molecule has 1 atom stereocenters. The van der Waals surface area contributed by atoms with Crippen molar-refractivity contribution >= 4 is 17.7 Å². The van der Waals surface area contributed by atoms with Gasteiger partial charge in [0.15, 0.2) is 0 Å². The number of hydrogen-bond donors (Lipinski definition) is 2. The van der Waals surface area contributed by atoms with Crippen molar-refractivity contribution in [3.8, 4) is 0 Å². The van der Waals surface area contributed by atoms with E-state index in [2.05, 4.69) is 0 Å². The summed E-state index contributed by atoms with van der Waals surface area (Å²) in [7, 11) is 0. The molecule has 5 heteroatoms. The molecule has 0 aliphatic heterocycles. The van der Waals surface area contributed by atoms with E-state index in [0.717, 1.165) is 5.76 Å². The van der Waals surface area contributed by atoms with Gasteiger partial charge in [0.25, 0.3) is 0 Å². The van der Waals surface area contributed by atoms with Gasteiger partial charge in [-0.1, -0.05) is 0 Å². The lowest BCUT2D eigenvalue weighted by atomic mass is 10.4. The second-order valence-corrected chi connectivity index (χ2v) is 3.64. The Kier molecular flexibility index (Phi) is 3.85. The second-order valence-electron chi connectivity index (χ2n) is 2.45. The minimum Gasteiger partial charge on any atom is -0.480 e. The van der Waals surface area contributed by atoms with Gasteiger partial charge in [-0.2, -0.15) is 0 Å². The number of carboxylic acid groups (broad SMARTS) is 1. The second kappa shape index (κ2) is 4.94. The van der Waals surface area contributed by atoms with Crippen LogP contribution in [0.5, 0.6) is 0 Å². The topological polar surface area (TPSA) is 76.5 Å². The van der Waals surface area contributed by atoms with Crippen molar-refractivity contribution in [1.29, 1.82) is 0 Å². The fourth-order valence-electron chi connectivity index (χ4n) is 0.818. The van der Waals surface area contributed by atoms with Gasteiger partial charge in [0.2, 0.25) is 0 Å². The van der Waals surface area contributed by atoms with Crippen molar-refractivity contribution in [3.05, 3.63) is 24.2 Å². The van der Waals surface area contributed by atoms with Gasteiger partial charge in [0, 0.05) is 6.54 Å². The Morgan fingerprint density at radius 3 is 3.00 bits per heavy atom. The van der Waals surface area contributed by atoms with Crippen molar-refractivity contribution in [2.24, 2.45) is 5.73 Å². The van der Waals surface area contributed by atoms with E-state index in [4.69, 9.17) is 15.3 Å². The number of hydrogen-bond acceptors (Lipinski definition) is 4. The Labute approximate surface area is 80.1 Å². The molecule has 0 spiro atoms. The average Bonchev–Trinajstić information content (AvgIpc) is 2.57. The van der Waals surface area contributed by atoms with Gasteiger partial charge in [-0.3, -0.25) is 4.79 Å². The smallest absolute Gasteiger partial charge is 0.317 e. The summed E-state index contributed by atoms with van der Waals surface area (Å²) in [4.78, 5) is 10.6. The molecule has 0 radical (unpaired) electrons. The summed E-state index contributed by atoms with van der Waals surface area (Å²) >= 11 is 1.27. The Morgan fingerprint density at radius 2 is 2.54 bits per heavy atom. The molecule has 1 aromatic rings. The molecule has 0 saturated heterocycles. The minimum absolute atomic E-state index is 0.140. The van der Waals surface area contributed by atoms with Crippen LogP contribution in [0, 0.1) is 0 Å². The van der Waals surface area contributed by atoms with Gasteiger partial charge in [-0.25, -0.2) is 0 Å². The molecule has 13 heavy (non-hydrogen) atoms. The van der Waals surface area contributed by atoms with Crippen molar-refractivity contribution in [1.82, 2.24) is 0 Å². The van der Waals surface area contributed by atoms with Crippen LogP contribution < -0.4 is 5.73 Å². The lowest BCUT2D eigenvalue weighted by Gasteiger charge is -2.06. The zero-order valence-electron chi connectivity index (χ0n) is 6.97. The molecule has 0 aliphatic rings. The molecule has 0 aliphatic carbocycles. The van der Waals surface area contributed by atoms with Crippen molar-refractivity contribution < 1.29 is 14.3 Å². The van der Waals surface area contributed by atoms with Gasteiger partial charge in [-0.15, -0.1) is 11.8 Å². The summed E-state index contributed by atoms with van der Waals surface area (Å²) in [6.07, 6.45) is 1.56. The average molecular weight is 201 g/mol. The van der Waals surface area contributed by atoms with Crippen molar-refractivity contribution in [2.45, 2.75) is 11.0 Å². The van der Waals surface area contributed by atoms with Gasteiger partial charge >= 0.3 is 5.97 Å². The quantitative estimate of drug-likeness (QED) is 0.741. The van der Waals surface area contributed by atoms with Crippen LogP contribution in [-0.4, -0.2) is 22.9 Å². The van der Waals surface area contributed by atoms with Gasteiger partial charge < -0.3 is 15.3 Å². The highest BCUT2D eigenvalue weighted by atomic mass is 32.2. The van der Waals surface area contributed by atoms with E-state index < -0.39 is 11.2 Å². The Hall–Kier alpha value is -0.940. The number of rotatable bonds is 5. The van der Waals surface area contributed by atoms with E-state index in [1.807, 2.05) is 6.07 Å². The third-order valence-corrected chi connectivity index (χ3v) is 2.74. The molecule has 0 amide bonds. The number of aliphatic carboxylic acids is 1. The zero-order valence-corrected chi connectivity index (χ0v) is 7.79. The Morgan fingerprint density at radius 1 is 1.77 bits per heavy atom. The van der Waals surface area contributed by atoms with E-state index >= 15 is 0 Å². The van der Waals surface area contributed by atoms with Crippen LogP contribution in [0.25, 0.3) is 0 Å². The predicted octanol–water partition coefficient (Wildman–Crippen LogP) is 0.925. The van der Waals surface area contributed by atoms with Gasteiger partial charge in [0.1, 0.15) is 11.0 Å². The highest BCUT2D eigenvalue weighted by Crippen LogP contribution is 2.17. The highest BCUT2D eigenvalue weighted by molar-refractivity contribution is 7.99. The molecule has 3 N–H and O–H groups in total. The van der Waals surface area contributed by atoms with Crippen LogP contribution in [0.3, 0.4) is 0 Å². The third kappa shape index (κ3) is 3.12. The molecule has 72 valence electrons. The molecular formula is C8H11NO3S. The summed E-state index contributed by atoms with van der Waals surface area (Å²) in [5.74, 6) is 0.435. The summed E-state index contributed by atoms with van der Waals surface area (Å²) in [5.41, 5.74) is 5.28. The fourth-order valence-corrected chi connectivity index (χ4v) is 1.63. The Bertz CT molecular complexity index is 260. The SMILES string of the molecule is NCC(SCc1ccco1)C(=O)O. The maximum atomic E-state index is 10.6. The first-order valence-corrected chi connectivity index (χ1v) is 4.85. The normalized spacial score (nSPS) is 12.7. The van der Waals surface area contributed by atoms with Crippen LogP contribution in [-0.2, 0) is 10.5 Å². The number of furan rings is 1. The molecule has 4 nitrogen and oxygen atoms in total. The van der Waals surface area contributed by atoms with Crippen LogP contribution in [0.4, 0.5) is 0 Å². The number of nitrogens with two attached hydrogens (primary N) is 1. The van der Waals surface area contributed by atoms with Crippen LogP contribution >= 0.6 is 11.8 Å². The highest BCUT2D eigenvalue weighted by Gasteiger charge is 2.15.